The third-order valence-electron chi connectivity index (χ3n) is 4.59. The van der Waals surface area contributed by atoms with Gasteiger partial charge >= 0.3 is 0 Å². The number of aliphatic imine (C=N–C) groups is 1. The molecular formula is C22H30N4O2. The summed E-state index contributed by atoms with van der Waals surface area (Å²) in [5.74, 6) is 1.65. The molecule has 2 aromatic rings. The average Bonchev–Trinajstić information content (AvgIpc) is 2.75. The lowest BCUT2D eigenvalue weighted by Crippen LogP contribution is -2.39. The van der Waals surface area contributed by atoms with Crippen LogP contribution in [0.2, 0.25) is 0 Å². The quantitative estimate of drug-likeness (QED) is 0.417. The summed E-state index contributed by atoms with van der Waals surface area (Å²) in [5, 5.41) is 6.65. The molecule has 28 heavy (non-hydrogen) atoms. The number of hydrogen-bond acceptors (Lipinski definition) is 4. The van der Waals surface area contributed by atoms with Crippen molar-refractivity contribution in [1.82, 2.24) is 15.5 Å². The maximum absolute atomic E-state index is 5.69. The zero-order chi connectivity index (χ0) is 19.4. The highest BCUT2D eigenvalue weighted by Gasteiger charge is 2.10. The Kier molecular flexibility index (Phi) is 8.15. The topological polar surface area (TPSA) is 58.1 Å². The molecule has 1 aliphatic heterocycles. The summed E-state index contributed by atoms with van der Waals surface area (Å²) in [6.45, 7) is 6.64. The van der Waals surface area contributed by atoms with E-state index < -0.39 is 0 Å². The van der Waals surface area contributed by atoms with Gasteiger partial charge < -0.3 is 20.1 Å². The number of nitrogens with zero attached hydrogens (tertiary/aromatic N) is 2. The third kappa shape index (κ3) is 6.87. The number of benzene rings is 2. The average molecular weight is 383 g/mol. The lowest BCUT2D eigenvalue weighted by Gasteiger charge is -2.26. The summed E-state index contributed by atoms with van der Waals surface area (Å²) in [6, 6.07) is 18.5. The van der Waals surface area contributed by atoms with Crippen molar-refractivity contribution in [1.29, 1.82) is 0 Å². The molecule has 0 unspecified atom stereocenters. The molecule has 6 heteroatoms. The first-order valence-corrected chi connectivity index (χ1v) is 9.84. The Morgan fingerprint density at radius 1 is 1.04 bits per heavy atom. The van der Waals surface area contributed by atoms with Gasteiger partial charge in [-0.25, -0.2) is 0 Å². The van der Waals surface area contributed by atoms with Gasteiger partial charge in [-0.15, -0.1) is 0 Å². The molecule has 1 heterocycles. The van der Waals surface area contributed by atoms with Gasteiger partial charge in [0.15, 0.2) is 5.96 Å². The van der Waals surface area contributed by atoms with Crippen LogP contribution in [0.4, 0.5) is 0 Å². The minimum atomic E-state index is 0.583. The second kappa shape index (κ2) is 11.3. The molecule has 1 fully saturated rings. The van der Waals surface area contributed by atoms with Gasteiger partial charge in [0.25, 0.3) is 0 Å². The van der Waals surface area contributed by atoms with Gasteiger partial charge in [-0.05, 0) is 23.3 Å². The number of para-hydroxylation sites is 1. The van der Waals surface area contributed by atoms with E-state index in [-0.39, 0.29) is 0 Å². The SMILES string of the molecule is CN=C(NCCOc1ccccc1)NCc1cccc(CN2CCOCC2)c1. The summed E-state index contributed by atoms with van der Waals surface area (Å²) in [4.78, 5) is 6.71. The van der Waals surface area contributed by atoms with Crippen molar-refractivity contribution in [2.24, 2.45) is 4.99 Å². The fraction of sp³-hybridized carbons (Fsp3) is 0.409. The van der Waals surface area contributed by atoms with E-state index in [0.29, 0.717) is 13.2 Å². The molecule has 0 spiro atoms. The molecule has 150 valence electrons. The zero-order valence-corrected chi connectivity index (χ0v) is 16.6. The smallest absolute Gasteiger partial charge is 0.191 e. The van der Waals surface area contributed by atoms with Gasteiger partial charge in [-0.3, -0.25) is 9.89 Å². The fourth-order valence-electron chi connectivity index (χ4n) is 3.12. The second-order valence-corrected chi connectivity index (χ2v) is 6.72. The van der Waals surface area contributed by atoms with Crippen molar-refractivity contribution < 1.29 is 9.47 Å². The van der Waals surface area contributed by atoms with E-state index in [1.54, 1.807) is 7.05 Å². The Balaban J connectivity index is 1.40. The molecule has 0 saturated carbocycles. The summed E-state index contributed by atoms with van der Waals surface area (Å²) >= 11 is 0. The fourth-order valence-corrected chi connectivity index (χ4v) is 3.12. The predicted molar refractivity (Wildman–Crippen MR) is 113 cm³/mol. The molecule has 2 N–H and O–H groups in total. The molecule has 0 amide bonds. The van der Waals surface area contributed by atoms with E-state index in [2.05, 4.69) is 44.8 Å². The number of morpholine rings is 1. The molecule has 0 bridgehead atoms. The highest BCUT2D eigenvalue weighted by molar-refractivity contribution is 5.79. The van der Waals surface area contributed by atoms with E-state index in [1.165, 1.54) is 11.1 Å². The minimum Gasteiger partial charge on any atom is -0.492 e. The van der Waals surface area contributed by atoms with Crippen LogP contribution < -0.4 is 15.4 Å². The van der Waals surface area contributed by atoms with Crippen LogP contribution in [0.3, 0.4) is 0 Å². The number of guanidine groups is 1. The van der Waals surface area contributed by atoms with Gasteiger partial charge in [-0.2, -0.15) is 0 Å². The maximum atomic E-state index is 5.69. The van der Waals surface area contributed by atoms with Crippen molar-refractivity contribution >= 4 is 5.96 Å². The second-order valence-electron chi connectivity index (χ2n) is 6.72. The minimum absolute atomic E-state index is 0.583. The van der Waals surface area contributed by atoms with Crippen molar-refractivity contribution in [2.45, 2.75) is 13.1 Å². The maximum Gasteiger partial charge on any atom is 0.191 e. The standard InChI is InChI=1S/C22H30N4O2/c1-23-22(24-10-13-28-21-8-3-2-4-9-21)25-17-19-6-5-7-20(16-19)18-26-11-14-27-15-12-26/h2-9,16H,10-15,17-18H2,1H3,(H2,23,24,25). The summed E-state index contributed by atoms with van der Waals surface area (Å²) in [5.41, 5.74) is 2.58. The summed E-state index contributed by atoms with van der Waals surface area (Å²) in [6.07, 6.45) is 0. The van der Waals surface area contributed by atoms with Crippen molar-refractivity contribution in [3.8, 4) is 5.75 Å². The molecule has 3 rings (SSSR count). The molecular weight excluding hydrogens is 352 g/mol. The molecule has 0 aliphatic carbocycles. The van der Waals surface area contributed by atoms with Crippen LogP contribution in [0, 0.1) is 0 Å². The predicted octanol–water partition coefficient (Wildman–Crippen LogP) is 2.26. The number of nitrogens with one attached hydrogen (secondary N) is 2. The van der Waals surface area contributed by atoms with Gasteiger partial charge in [0.1, 0.15) is 12.4 Å². The highest BCUT2D eigenvalue weighted by Crippen LogP contribution is 2.10. The van der Waals surface area contributed by atoms with Gasteiger partial charge in [0.05, 0.1) is 19.8 Å². The van der Waals surface area contributed by atoms with E-state index in [0.717, 1.165) is 51.1 Å². The van der Waals surface area contributed by atoms with Crippen LogP contribution in [0.5, 0.6) is 5.75 Å². The Morgan fingerprint density at radius 2 is 1.82 bits per heavy atom. The lowest BCUT2D eigenvalue weighted by molar-refractivity contribution is 0.0342. The first kappa shape index (κ1) is 20.2. The zero-order valence-electron chi connectivity index (χ0n) is 16.6. The van der Waals surface area contributed by atoms with Gasteiger partial charge in [-0.1, -0.05) is 42.5 Å². The Hall–Kier alpha value is -2.57. The monoisotopic (exact) mass is 382 g/mol. The van der Waals surface area contributed by atoms with Crippen LogP contribution >= 0.6 is 0 Å². The first-order chi connectivity index (χ1) is 13.8. The molecule has 2 aromatic carbocycles. The molecule has 6 nitrogen and oxygen atoms in total. The Morgan fingerprint density at radius 3 is 2.61 bits per heavy atom. The molecule has 0 atom stereocenters. The van der Waals surface area contributed by atoms with Crippen LogP contribution in [0.1, 0.15) is 11.1 Å². The van der Waals surface area contributed by atoms with Crippen LogP contribution in [-0.2, 0) is 17.8 Å². The molecule has 1 saturated heterocycles. The largest absolute Gasteiger partial charge is 0.492 e. The van der Waals surface area contributed by atoms with E-state index in [4.69, 9.17) is 9.47 Å². The normalized spacial score (nSPS) is 15.2. The van der Waals surface area contributed by atoms with Crippen molar-refractivity contribution in [3.63, 3.8) is 0 Å². The van der Waals surface area contributed by atoms with E-state index in [1.807, 2.05) is 30.3 Å². The van der Waals surface area contributed by atoms with Crippen LogP contribution in [0.15, 0.2) is 59.6 Å². The molecule has 1 aliphatic rings. The van der Waals surface area contributed by atoms with Crippen molar-refractivity contribution in [3.05, 3.63) is 65.7 Å². The third-order valence-corrected chi connectivity index (χ3v) is 4.59. The number of hydrogen-bond donors (Lipinski definition) is 2. The van der Waals surface area contributed by atoms with Crippen molar-refractivity contribution in [2.75, 3.05) is 46.5 Å². The number of ether oxygens (including phenoxy) is 2. The first-order valence-electron chi connectivity index (χ1n) is 9.84. The van der Waals surface area contributed by atoms with Crippen LogP contribution in [0.25, 0.3) is 0 Å². The Bertz CT molecular complexity index is 730. The van der Waals surface area contributed by atoms with Gasteiger partial charge in [0, 0.05) is 33.2 Å². The summed E-state index contributed by atoms with van der Waals surface area (Å²) < 4.78 is 11.1. The highest BCUT2D eigenvalue weighted by atomic mass is 16.5. The number of rotatable bonds is 8. The van der Waals surface area contributed by atoms with E-state index >= 15 is 0 Å². The van der Waals surface area contributed by atoms with E-state index in [9.17, 15) is 0 Å². The van der Waals surface area contributed by atoms with Crippen LogP contribution in [-0.4, -0.2) is 57.4 Å². The molecule has 0 aromatic heterocycles. The van der Waals surface area contributed by atoms with Gasteiger partial charge in [0.2, 0.25) is 0 Å². The lowest BCUT2D eigenvalue weighted by atomic mass is 10.1. The summed E-state index contributed by atoms with van der Waals surface area (Å²) in [7, 11) is 1.78. The Labute approximate surface area is 167 Å². The molecule has 0 radical (unpaired) electrons.